The van der Waals surface area contributed by atoms with Crippen molar-refractivity contribution in [1.82, 2.24) is 0 Å². The molecule has 0 aromatic heterocycles. The van der Waals surface area contributed by atoms with Crippen LogP contribution in [0.5, 0.6) is 0 Å². The van der Waals surface area contributed by atoms with Gasteiger partial charge in [0.15, 0.2) is 0 Å². The van der Waals surface area contributed by atoms with Crippen LogP contribution in [0.4, 0.5) is 0 Å². The maximum absolute atomic E-state index is 5.47. The van der Waals surface area contributed by atoms with Crippen molar-refractivity contribution < 1.29 is 0 Å². The molecule has 0 amide bonds. The van der Waals surface area contributed by atoms with Crippen molar-refractivity contribution in [1.29, 1.82) is 0 Å². The highest BCUT2D eigenvalue weighted by Crippen LogP contribution is 2.22. The minimum Gasteiger partial charge on any atom is -0.327 e. The number of hydrogen-bond acceptors (Lipinski definition) is 1. The monoisotopic (exact) mass is 189 g/mol. The predicted molar refractivity (Wildman–Crippen MR) is 63.5 cm³/mol. The van der Waals surface area contributed by atoms with Crippen LogP contribution in [0.15, 0.2) is 12.1 Å². The molecule has 1 aromatic rings. The van der Waals surface area contributed by atoms with Crippen LogP contribution in [0.1, 0.15) is 27.8 Å². The summed E-state index contributed by atoms with van der Waals surface area (Å²) in [4.78, 5) is 0. The SMILES string of the molecule is Cc1cc(C)c(C)c(C=CCN)c1C. The maximum atomic E-state index is 5.47. The zero-order valence-corrected chi connectivity index (χ0v) is 9.52. The molecule has 0 bridgehead atoms. The summed E-state index contributed by atoms with van der Waals surface area (Å²) in [7, 11) is 0. The fraction of sp³-hybridized carbons (Fsp3) is 0.385. The van der Waals surface area contributed by atoms with Gasteiger partial charge in [-0.1, -0.05) is 18.2 Å². The molecule has 0 atom stereocenters. The molecular weight excluding hydrogens is 170 g/mol. The Morgan fingerprint density at radius 2 is 1.57 bits per heavy atom. The highest BCUT2D eigenvalue weighted by Gasteiger charge is 2.04. The first-order chi connectivity index (χ1) is 6.57. The Bertz CT molecular complexity index is 336. The van der Waals surface area contributed by atoms with Gasteiger partial charge in [0.05, 0.1) is 0 Å². The van der Waals surface area contributed by atoms with E-state index in [0.717, 1.165) is 0 Å². The van der Waals surface area contributed by atoms with E-state index in [-0.39, 0.29) is 0 Å². The zero-order chi connectivity index (χ0) is 10.7. The number of aryl methyl sites for hydroxylation is 2. The number of rotatable bonds is 2. The molecule has 76 valence electrons. The summed E-state index contributed by atoms with van der Waals surface area (Å²) in [5.74, 6) is 0. The highest BCUT2D eigenvalue weighted by atomic mass is 14.5. The lowest BCUT2D eigenvalue weighted by atomic mass is 9.94. The van der Waals surface area contributed by atoms with Gasteiger partial charge < -0.3 is 5.73 Å². The van der Waals surface area contributed by atoms with Gasteiger partial charge in [-0.25, -0.2) is 0 Å². The third-order valence-corrected chi connectivity index (χ3v) is 2.84. The van der Waals surface area contributed by atoms with Crippen molar-refractivity contribution in [3.63, 3.8) is 0 Å². The minimum absolute atomic E-state index is 0.603. The second-order valence-electron chi connectivity index (χ2n) is 3.81. The molecule has 1 rings (SSSR count). The van der Waals surface area contributed by atoms with Gasteiger partial charge in [-0.15, -0.1) is 0 Å². The number of benzene rings is 1. The second kappa shape index (κ2) is 4.43. The first-order valence-corrected chi connectivity index (χ1v) is 5.02. The standard InChI is InChI=1S/C13H19N/c1-9-8-10(2)12(4)13(11(9)3)6-5-7-14/h5-6,8H,7,14H2,1-4H3. The van der Waals surface area contributed by atoms with E-state index in [4.69, 9.17) is 5.73 Å². The van der Waals surface area contributed by atoms with E-state index < -0.39 is 0 Å². The third kappa shape index (κ3) is 2.05. The van der Waals surface area contributed by atoms with E-state index in [1.54, 1.807) is 0 Å². The molecule has 0 radical (unpaired) electrons. The Kier molecular flexibility index (Phi) is 3.48. The molecule has 0 unspecified atom stereocenters. The maximum Gasteiger partial charge on any atom is 0.0110 e. The van der Waals surface area contributed by atoms with Gasteiger partial charge in [0, 0.05) is 6.54 Å². The Labute approximate surface area is 86.6 Å². The first kappa shape index (κ1) is 11.0. The molecule has 0 aliphatic heterocycles. The molecule has 0 spiro atoms. The molecule has 1 heteroatoms. The number of hydrogen-bond donors (Lipinski definition) is 1. The van der Waals surface area contributed by atoms with Crippen LogP contribution in [-0.4, -0.2) is 6.54 Å². The lowest BCUT2D eigenvalue weighted by Gasteiger charge is -2.11. The van der Waals surface area contributed by atoms with E-state index >= 15 is 0 Å². The van der Waals surface area contributed by atoms with Crippen molar-refractivity contribution in [3.05, 3.63) is 40.0 Å². The molecule has 14 heavy (non-hydrogen) atoms. The van der Waals surface area contributed by atoms with Gasteiger partial charge in [0.1, 0.15) is 0 Å². The normalized spacial score (nSPS) is 11.2. The molecule has 0 aliphatic carbocycles. The predicted octanol–water partition coefficient (Wildman–Crippen LogP) is 2.89. The molecule has 0 aliphatic rings. The van der Waals surface area contributed by atoms with Crippen molar-refractivity contribution in [3.8, 4) is 0 Å². The summed E-state index contributed by atoms with van der Waals surface area (Å²) in [6.45, 7) is 9.24. The molecule has 0 heterocycles. The largest absolute Gasteiger partial charge is 0.327 e. The van der Waals surface area contributed by atoms with E-state index in [2.05, 4.69) is 39.8 Å². The molecule has 2 N–H and O–H groups in total. The third-order valence-electron chi connectivity index (χ3n) is 2.84. The second-order valence-corrected chi connectivity index (χ2v) is 3.81. The van der Waals surface area contributed by atoms with Gasteiger partial charge in [-0.2, -0.15) is 0 Å². The van der Waals surface area contributed by atoms with Crippen molar-refractivity contribution >= 4 is 6.08 Å². The summed E-state index contributed by atoms with van der Waals surface area (Å²) >= 11 is 0. The fourth-order valence-corrected chi connectivity index (χ4v) is 1.68. The Morgan fingerprint density at radius 3 is 2.00 bits per heavy atom. The summed E-state index contributed by atoms with van der Waals surface area (Å²) in [5, 5.41) is 0. The highest BCUT2D eigenvalue weighted by molar-refractivity contribution is 5.61. The van der Waals surface area contributed by atoms with Crippen molar-refractivity contribution in [2.24, 2.45) is 5.73 Å². The first-order valence-electron chi connectivity index (χ1n) is 5.02. The average molecular weight is 189 g/mol. The van der Waals surface area contributed by atoms with E-state index in [0.29, 0.717) is 6.54 Å². The molecule has 1 aromatic carbocycles. The van der Waals surface area contributed by atoms with Crippen LogP contribution in [-0.2, 0) is 0 Å². The molecular formula is C13H19N. The van der Waals surface area contributed by atoms with Gasteiger partial charge in [-0.3, -0.25) is 0 Å². The van der Waals surface area contributed by atoms with Crippen LogP contribution >= 0.6 is 0 Å². The topological polar surface area (TPSA) is 26.0 Å². The van der Waals surface area contributed by atoms with Gasteiger partial charge in [0.2, 0.25) is 0 Å². The van der Waals surface area contributed by atoms with Gasteiger partial charge in [0.25, 0.3) is 0 Å². The van der Waals surface area contributed by atoms with Gasteiger partial charge in [-0.05, 0) is 55.5 Å². The zero-order valence-electron chi connectivity index (χ0n) is 9.52. The Hall–Kier alpha value is -1.08. The minimum atomic E-state index is 0.603. The van der Waals surface area contributed by atoms with Crippen LogP contribution in [0.2, 0.25) is 0 Å². The van der Waals surface area contributed by atoms with Crippen LogP contribution in [0, 0.1) is 27.7 Å². The van der Waals surface area contributed by atoms with E-state index in [1.165, 1.54) is 27.8 Å². The number of nitrogens with two attached hydrogens (primary N) is 1. The summed E-state index contributed by atoms with van der Waals surface area (Å²) in [6, 6.07) is 2.24. The Balaban J connectivity index is 3.32. The van der Waals surface area contributed by atoms with E-state index in [1.807, 2.05) is 6.08 Å². The van der Waals surface area contributed by atoms with Crippen molar-refractivity contribution in [2.75, 3.05) is 6.54 Å². The average Bonchev–Trinajstić information content (AvgIpc) is 2.15. The Morgan fingerprint density at radius 1 is 1.07 bits per heavy atom. The molecule has 0 saturated carbocycles. The van der Waals surface area contributed by atoms with Crippen molar-refractivity contribution in [2.45, 2.75) is 27.7 Å². The quantitative estimate of drug-likeness (QED) is 0.760. The lowest BCUT2D eigenvalue weighted by Crippen LogP contribution is -1.96. The smallest absolute Gasteiger partial charge is 0.0110 e. The van der Waals surface area contributed by atoms with Gasteiger partial charge >= 0.3 is 0 Å². The van der Waals surface area contributed by atoms with Crippen LogP contribution in [0.25, 0.3) is 6.08 Å². The summed E-state index contributed by atoms with van der Waals surface area (Å²) in [5.41, 5.74) is 12.2. The fourth-order valence-electron chi connectivity index (χ4n) is 1.68. The molecule has 0 fully saturated rings. The van der Waals surface area contributed by atoms with Crippen LogP contribution in [0.3, 0.4) is 0 Å². The van der Waals surface area contributed by atoms with Crippen LogP contribution < -0.4 is 5.73 Å². The molecule has 0 saturated heterocycles. The van der Waals surface area contributed by atoms with E-state index in [9.17, 15) is 0 Å². The summed E-state index contributed by atoms with van der Waals surface area (Å²) < 4.78 is 0. The lowest BCUT2D eigenvalue weighted by molar-refractivity contribution is 1.22. The molecule has 1 nitrogen and oxygen atoms in total. The summed E-state index contributed by atoms with van der Waals surface area (Å²) in [6.07, 6.45) is 4.14.